The van der Waals surface area contributed by atoms with Crippen LogP contribution in [0.5, 0.6) is 0 Å². The maximum atomic E-state index is 12.6. The molecule has 0 aliphatic heterocycles. The molecule has 7 heteroatoms. The molecule has 3 aromatic rings. The number of halogens is 1. The summed E-state index contributed by atoms with van der Waals surface area (Å²) in [7, 11) is 0. The standard InChI is InChI=1S/C18H16ClN5O/c1-11-8-13(3-7-17(11)24-10-20-22-23-24)18(25)21-16-6-2-12-9-14(19)4-5-15(12)16/h3-5,7-10,16H,2,6H2,1H3,(H,21,25). The molecule has 0 fully saturated rings. The van der Waals surface area contributed by atoms with Gasteiger partial charge in [0.2, 0.25) is 0 Å². The number of benzene rings is 2. The van der Waals surface area contributed by atoms with E-state index < -0.39 is 0 Å². The van der Waals surface area contributed by atoms with Crippen molar-refractivity contribution in [2.75, 3.05) is 0 Å². The minimum atomic E-state index is -0.0841. The highest BCUT2D eigenvalue weighted by molar-refractivity contribution is 6.30. The summed E-state index contributed by atoms with van der Waals surface area (Å²) in [5, 5.41) is 15.0. The van der Waals surface area contributed by atoms with E-state index in [9.17, 15) is 4.79 Å². The third kappa shape index (κ3) is 3.00. The molecule has 1 atom stereocenters. The van der Waals surface area contributed by atoms with Gasteiger partial charge in [-0.05, 0) is 77.2 Å². The number of rotatable bonds is 3. The Morgan fingerprint density at radius 1 is 1.28 bits per heavy atom. The van der Waals surface area contributed by atoms with Crippen LogP contribution in [0.3, 0.4) is 0 Å². The van der Waals surface area contributed by atoms with E-state index in [2.05, 4.69) is 20.8 Å². The Morgan fingerprint density at radius 2 is 2.16 bits per heavy atom. The number of nitrogens with one attached hydrogen (secondary N) is 1. The summed E-state index contributed by atoms with van der Waals surface area (Å²) in [6.45, 7) is 1.93. The van der Waals surface area contributed by atoms with Gasteiger partial charge in [0.25, 0.3) is 5.91 Å². The molecule has 0 saturated heterocycles. The first kappa shape index (κ1) is 15.8. The van der Waals surface area contributed by atoms with Gasteiger partial charge in [-0.3, -0.25) is 4.79 Å². The van der Waals surface area contributed by atoms with Crippen molar-refractivity contribution < 1.29 is 4.79 Å². The Labute approximate surface area is 149 Å². The summed E-state index contributed by atoms with van der Waals surface area (Å²) >= 11 is 6.04. The third-order valence-corrected chi connectivity index (χ3v) is 4.78. The largest absolute Gasteiger partial charge is 0.345 e. The first-order valence-corrected chi connectivity index (χ1v) is 8.43. The van der Waals surface area contributed by atoms with Crippen molar-refractivity contribution in [1.82, 2.24) is 25.5 Å². The zero-order valence-electron chi connectivity index (χ0n) is 13.6. The lowest BCUT2D eigenvalue weighted by Gasteiger charge is -2.15. The predicted molar refractivity (Wildman–Crippen MR) is 93.9 cm³/mol. The highest BCUT2D eigenvalue weighted by atomic mass is 35.5. The van der Waals surface area contributed by atoms with Crippen LogP contribution >= 0.6 is 11.6 Å². The van der Waals surface area contributed by atoms with Gasteiger partial charge in [0, 0.05) is 10.6 Å². The van der Waals surface area contributed by atoms with Crippen LogP contribution in [-0.4, -0.2) is 26.1 Å². The van der Waals surface area contributed by atoms with Crippen molar-refractivity contribution in [2.45, 2.75) is 25.8 Å². The quantitative estimate of drug-likeness (QED) is 0.785. The van der Waals surface area contributed by atoms with Crippen LogP contribution in [0.4, 0.5) is 0 Å². The van der Waals surface area contributed by atoms with Crippen LogP contribution in [0, 0.1) is 6.92 Å². The molecular formula is C18H16ClN5O. The second-order valence-corrected chi connectivity index (χ2v) is 6.60. The van der Waals surface area contributed by atoms with E-state index in [1.165, 1.54) is 11.9 Å². The summed E-state index contributed by atoms with van der Waals surface area (Å²) in [6, 6.07) is 11.4. The fourth-order valence-corrected chi connectivity index (χ4v) is 3.50. The predicted octanol–water partition coefficient (Wildman–Crippen LogP) is 3.04. The summed E-state index contributed by atoms with van der Waals surface area (Å²) in [5.41, 5.74) is 4.76. The highest BCUT2D eigenvalue weighted by Gasteiger charge is 2.24. The molecule has 1 unspecified atom stereocenters. The van der Waals surface area contributed by atoms with Gasteiger partial charge in [-0.1, -0.05) is 17.7 Å². The molecule has 1 amide bonds. The Kier molecular flexibility index (Phi) is 3.97. The van der Waals surface area contributed by atoms with Gasteiger partial charge in [-0.2, -0.15) is 0 Å². The molecule has 126 valence electrons. The van der Waals surface area contributed by atoms with Gasteiger partial charge in [0.15, 0.2) is 0 Å². The van der Waals surface area contributed by atoms with E-state index in [1.54, 1.807) is 10.7 Å². The average Bonchev–Trinajstić information content (AvgIpc) is 3.25. The van der Waals surface area contributed by atoms with Crippen molar-refractivity contribution >= 4 is 17.5 Å². The molecule has 1 aliphatic rings. The van der Waals surface area contributed by atoms with Crippen LogP contribution in [0.25, 0.3) is 5.69 Å². The SMILES string of the molecule is Cc1cc(C(=O)NC2CCc3cc(Cl)ccc32)ccc1-n1cnnn1. The van der Waals surface area contributed by atoms with Gasteiger partial charge in [-0.25, -0.2) is 4.68 Å². The van der Waals surface area contributed by atoms with Gasteiger partial charge in [0.1, 0.15) is 6.33 Å². The number of hydrogen-bond acceptors (Lipinski definition) is 4. The Balaban J connectivity index is 1.54. The lowest BCUT2D eigenvalue weighted by molar-refractivity contribution is 0.0936. The molecule has 25 heavy (non-hydrogen) atoms. The summed E-state index contributed by atoms with van der Waals surface area (Å²) in [5.74, 6) is -0.0841. The van der Waals surface area contributed by atoms with Crippen molar-refractivity contribution in [3.63, 3.8) is 0 Å². The Hall–Kier alpha value is -2.73. The summed E-state index contributed by atoms with van der Waals surface area (Å²) in [4.78, 5) is 12.6. The number of hydrogen-bond donors (Lipinski definition) is 1. The molecule has 0 radical (unpaired) electrons. The van der Waals surface area contributed by atoms with Gasteiger partial charge in [0.05, 0.1) is 11.7 Å². The lowest BCUT2D eigenvalue weighted by atomic mass is 10.1. The number of nitrogens with zero attached hydrogens (tertiary/aromatic N) is 4. The topological polar surface area (TPSA) is 72.7 Å². The molecule has 0 saturated carbocycles. The number of amides is 1. The van der Waals surface area contributed by atoms with Crippen molar-refractivity contribution in [3.8, 4) is 5.69 Å². The van der Waals surface area contributed by atoms with Crippen LogP contribution in [0.1, 0.15) is 39.5 Å². The van der Waals surface area contributed by atoms with Crippen LogP contribution in [0.15, 0.2) is 42.7 Å². The second-order valence-electron chi connectivity index (χ2n) is 6.16. The number of aryl methyl sites for hydroxylation is 2. The Morgan fingerprint density at radius 3 is 2.92 bits per heavy atom. The number of tetrazole rings is 1. The van der Waals surface area contributed by atoms with Crippen molar-refractivity contribution in [3.05, 3.63) is 70.0 Å². The highest BCUT2D eigenvalue weighted by Crippen LogP contribution is 2.33. The fourth-order valence-electron chi connectivity index (χ4n) is 3.30. The minimum absolute atomic E-state index is 0.0271. The average molecular weight is 354 g/mol. The molecule has 2 aromatic carbocycles. The molecule has 1 heterocycles. The van der Waals surface area contributed by atoms with Gasteiger partial charge in [-0.15, -0.1) is 5.10 Å². The smallest absolute Gasteiger partial charge is 0.251 e. The van der Waals surface area contributed by atoms with E-state index in [1.807, 2.05) is 37.3 Å². The molecule has 1 N–H and O–H groups in total. The first-order valence-electron chi connectivity index (χ1n) is 8.05. The zero-order chi connectivity index (χ0) is 17.4. The molecule has 0 spiro atoms. The van der Waals surface area contributed by atoms with Crippen LogP contribution in [0.2, 0.25) is 5.02 Å². The summed E-state index contributed by atoms with van der Waals surface area (Å²) in [6.07, 6.45) is 3.35. The minimum Gasteiger partial charge on any atom is -0.345 e. The van der Waals surface area contributed by atoms with E-state index in [-0.39, 0.29) is 11.9 Å². The number of fused-ring (bicyclic) bond motifs is 1. The maximum absolute atomic E-state index is 12.6. The van der Waals surface area contributed by atoms with Gasteiger partial charge >= 0.3 is 0 Å². The molecule has 1 aromatic heterocycles. The number of aromatic nitrogens is 4. The second kappa shape index (κ2) is 6.29. The molecule has 1 aliphatic carbocycles. The summed E-state index contributed by atoms with van der Waals surface area (Å²) < 4.78 is 1.58. The van der Waals surface area contributed by atoms with Crippen LogP contribution in [-0.2, 0) is 6.42 Å². The molecule has 6 nitrogen and oxygen atoms in total. The van der Waals surface area contributed by atoms with Gasteiger partial charge < -0.3 is 5.32 Å². The molecule has 0 bridgehead atoms. The lowest BCUT2D eigenvalue weighted by Crippen LogP contribution is -2.27. The fraction of sp³-hybridized carbons (Fsp3) is 0.222. The first-order chi connectivity index (χ1) is 12.1. The normalized spacial score (nSPS) is 15.8. The Bertz CT molecular complexity index is 939. The number of carbonyl (C=O) groups is 1. The zero-order valence-corrected chi connectivity index (χ0v) is 14.4. The number of carbonyl (C=O) groups excluding carboxylic acids is 1. The van der Waals surface area contributed by atoms with Crippen molar-refractivity contribution in [2.24, 2.45) is 0 Å². The third-order valence-electron chi connectivity index (χ3n) is 4.54. The van der Waals surface area contributed by atoms with E-state index in [0.717, 1.165) is 34.7 Å². The maximum Gasteiger partial charge on any atom is 0.251 e. The molecular weight excluding hydrogens is 338 g/mol. The van der Waals surface area contributed by atoms with E-state index in [0.29, 0.717) is 5.56 Å². The monoisotopic (exact) mass is 353 g/mol. The van der Waals surface area contributed by atoms with Crippen LogP contribution < -0.4 is 5.32 Å². The van der Waals surface area contributed by atoms with Crippen molar-refractivity contribution in [1.29, 1.82) is 0 Å². The van der Waals surface area contributed by atoms with E-state index in [4.69, 9.17) is 11.6 Å². The molecule has 4 rings (SSSR count). The van der Waals surface area contributed by atoms with E-state index >= 15 is 0 Å².